The molecule has 1 aromatic carbocycles. The zero-order chi connectivity index (χ0) is 13.0. The third-order valence-corrected chi connectivity index (χ3v) is 2.99. The minimum absolute atomic E-state index is 0.00852. The van der Waals surface area contributed by atoms with Crippen molar-refractivity contribution in [3.8, 4) is 11.5 Å². The van der Waals surface area contributed by atoms with Crippen molar-refractivity contribution in [2.45, 2.75) is 19.8 Å². The van der Waals surface area contributed by atoms with Crippen molar-refractivity contribution in [1.82, 2.24) is 4.90 Å². The van der Waals surface area contributed by atoms with Gasteiger partial charge in [0.1, 0.15) is 13.2 Å². The Bertz CT molecular complexity index is 431. The van der Waals surface area contributed by atoms with Crippen LogP contribution in [0.1, 0.15) is 30.1 Å². The van der Waals surface area contributed by atoms with Crippen LogP contribution in [-0.2, 0) is 0 Å². The molecule has 0 bridgehead atoms. The maximum Gasteiger partial charge on any atom is 0.257 e. The lowest BCUT2D eigenvalue weighted by Crippen LogP contribution is -2.29. The van der Waals surface area contributed by atoms with Gasteiger partial charge in [-0.1, -0.05) is 19.4 Å². The van der Waals surface area contributed by atoms with Gasteiger partial charge in [-0.25, -0.2) is 0 Å². The van der Waals surface area contributed by atoms with E-state index in [-0.39, 0.29) is 5.91 Å². The van der Waals surface area contributed by atoms with Gasteiger partial charge in [-0.2, -0.15) is 0 Å². The molecule has 0 saturated carbocycles. The minimum Gasteiger partial charge on any atom is -0.486 e. The Morgan fingerprint density at radius 1 is 1.33 bits per heavy atom. The Hall–Kier alpha value is -1.71. The summed E-state index contributed by atoms with van der Waals surface area (Å²) in [7, 11) is 1.82. The molecule has 0 atom stereocenters. The number of amides is 1. The Labute approximate surface area is 107 Å². The number of unbranched alkanes of at least 4 members (excludes halogenated alkanes) is 1. The highest BCUT2D eigenvalue weighted by atomic mass is 16.6. The number of fused-ring (bicyclic) bond motifs is 1. The van der Waals surface area contributed by atoms with Crippen molar-refractivity contribution in [1.29, 1.82) is 0 Å². The van der Waals surface area contributed by atoms with Crippen LogP contribution in [0.15, 0.2) is 18.2 Å². The number of nitrogens with zero attached hydrogens (tertiary/aromatic N) is 1. The zero-order valence-corrected chi connectivity index (χ0v) is 10.9. The third kappa shape index (κ3) is 2.58. The van der Waals surface area contributed by atoms with Crippen molar-refractivity contribution < 1.29 is 14.3 Å². The van der Waals surface area contributed by atoms with Gasteiger partial charge in [0.25, 0.3) is 5.91 Å². The van der Waals surface area contributed by atoms with Gasteiger partial charge in [-0.05, 0) is 18.6 Å². The predicted molar refractivity (Wildman–Crippen MR) is 69.3 cm³/mol. The molecular formula is C14H19NO3. The molecule has 0 fully saturated rings. The molecule has 0 aliphatic carbocycles. The molecule has 2 rings (SSSR count). The van der Waals surface area contributed by atoms with Crippen LogP contribution in [0.3, 0.4) is 0 Å². The van der Waals surface area contributed by atoms with Gasteiger partial charge in [0.2, 0.25) is 0 Å². The summed E-state index contributed by atoms with van der Waals surface area (Å²) in [5.74, 6) is 1.24. The fraction of sp³-hybridized carbons (Fsp3) is 0.500. The summed E-state index contributed by atoms with van der Waals surface area (Å²) in [5, 5.41) is 0. The molecule has 0 N–H and O–H groups in total. The zero-order valence-electron chi connectivity index (χ0n) is 10.9. The van der Waals surface area contributed by atoms with Gasteiger partial charge < -0.3 is 14.4 Å². The van der Waals surface area contributed by atoms with E-state index < -0.39 is 0 Å². The van der Waals surface area contributed by atoms with Crippen molar-refractivity contribution >= 4 is 5.91 Å². The molecular weight excluding hydrogens is 230 g/mol. The van der Waals surface area contributed by atoms with Crippen LogP contribution in [0, 0.1) is 0 Å². The maximum absolute atomic E-state index is 12.3. The fourth-order valence-electron chi connectivity index (χ4n) is 1.94. The fourth-order valence-corrected chi connectivity index (χ4v) is 1.94. The number of hydrogen-bond donors (Lipinski definition) is 0. The second-order valence-electron chi connectivity index (χ2n) is 4.41. The molecule has 4 nitrogen and oxygen atoms in total. The molecule has 0 saturated heterocycles. The smallest absolute Gasteiger partial charge is 0.257 e. The van der Waals surface area contributed by atoms with E-state index in [9.17, 15) is 4.79 Å². The van der Waals surface area contributed by atoms with Crippen molar-refractivity contribution in [3.05, 3.63) is 23.8 Å². The highest BCUT2D eigenvalue weighted by molar-refractivity contribution is 5.97. The molecule has 1 aromatic rings. The van der Waals surface area contributed by atoms with Gasteiger partial charge in [0, 0.05) is 13.6 Å². The summed E-state index contributed by atoms with van der Waals surface area (Å²) in [4.78, 5) is 14.0. The molecule has 0 aromatic heterocycles. The number of ether oxygens (including phenoxy) is 2. The molecule has 4 heteroatoms. The summed E-state index contributed by atoms with van der Waals surface area (Å²) < 4.78 is 11.0. The molecule has 1 aliphatic rings. The minimum atomic E-state index is -0.00852. The lowest BCUT2D eigenvalue weighted by Gasteiger charge is -2.23. The normalized spacial score (nSPS) is 13.2. The van der Waals surface area contributed by atoms with Gasteiger partial charge in [0.05, 0.1) is 5.56 Å². The van der Waals surface area contributed by atoms with Crippen LogP contribution in [0.25, 0.3) is 0 Å². The standard InChI is InChI=1S/C14H19NO3/c1-3-4-8-15(2)14(16)11-6-5-7-12-13(11)18-10-9-17-12/h5-7H,3-4,8-10H2,1-2H3. The highest BCUT2D eigenvalue weighted by Gasteiger charge is 2.22. The first-order valence-electron chi connectivity index (χ1n) is 6.38. The van der Waals surface area contributed by atoms with Crippen molar-refractivity contribution in [2.24, 2.45) is 0 Å². The first-order valence-corrected chi connectivity index (χ1v) is 6.38. The first kappa shape index (κ1) is 12.7. The summed E-state index contributed by atoms with van der Waals surface area (Å²) in [6.45, 7) is 3.91. The van der Waals surface area contributed by atoms with Gasteiger partial charge in [-0.3, -0.25) is 4.79 Å². The SMILES string of the molecule is CCCCN(C)C(=O)c1cccc2c1OCCO2. The van der Waals surface area contributed by atoms with E-state index in [1.807, 2.05) is 19.2 Å². The number of carbonyl (C=O) groups is 1. The van der Waals surface area contributed by atoms with E-state index in [2.05, 4.69) is 6.92 Å². The monoisotopic (exact) mass is 249 g/mol. The topological polar surface area (TPSA) is 38.8 Å². The molecule has 18 heavy (non-hydrogen) atoms. The number of para-hydroxylation sites is 1. The first-order chi connectivity index (χ1) is 8.74. The van der Waals surface area contributed by atoms with Crippen LogP contribution >= 0.6 is 0 Å². The number of hydrogen-bond acceptors (Lipinski definition) is 3. The van der Waals surface area contributed by atoms with E-state index in [4.69, 9.17) is 9.47 Å². The maximum atomic E-state index is 12.3. The van der Waals surface area contributed by atoms with Crippen LogP contribution in [0.4, 0.5) is 0 Å². The van der Waals surface area contributed by atoms with Crippen molar-refractivity contribution in [3.63, 3.8) is 0 Å². The van der Waals surface area contributed by atoms with Gasteiger partial charge in [-0.15, -0.1) is 0 Å². The van der Waals surface area contributed by atoms with E-state index in [1.165, 1.54) is 0 Å². The van der Waals surface area contributed by atoms with Crippen LogP contribution in [0.5, 0.6) is 11.5 Å². The average Bonchev–Trinajstić information content (AvgIpc) is 2.43. The van der Waals surface area contributed by atoms with Gasteiger partial charge in [0.15, 0.2) is 11.5 Å². The Balaban J connectivity index is 2.19. The molecule has 0 spiro atoms. The van der Waals surface area contributed by atoms with E-state index in [0.29, 0.717) is 30.3 Å². The number of rotatable bonds is 4. The second kappa shape index (κ2) is 5.76. The third-order valence-electron chi connectivity index (χ3n) is 2.99. The summed E-state index contributed by atoms with van der Waals surface area (Å²) in [6, 6.07) is 5.45. The number of benzene rings is 1. The van der Waals surface area contributed by atoms with Crippen LogP contribution in [0.2, 0.25) is 0 Å². The Morgan fingerprint density at radius 2 is 2.11 bits per heavy atom. The second-order valence-corrected chi connectivity index (χ2v) is 4.41. The molecule has 1 heterocycles. The van der Waals surface area contributed by atoms with Crippen LogP contribution < -0.4 is 9.47 Å². The van der Waals surface area contributed by atoms with Crippen LogP contribution in [-0.4, -0.2) is 37.6 Å². The average molecular weight is 249 g/mol. The Kier molecular flexibility index (Phi) is 4.07. The van der Waals surface area contributed by atoms with E-state index in [1.54, 1.807) is 11.0 Å². The van der Waals surface area contributed by atoms with E-state index in [0.717, 1.165) is 19.4 Å². The number of carbonyl (C=O) groups excluding carboxylic acids is 1. The lowest BCUT2D eigenvalue weighted by atomic mass is 10.1. The summed E-state index contributed by atoms with van der Waals surface area (Å²) in [6.07, 6.45) is 2.08. The lowest BCUT2D eigenvalue weighted by molar-refractivity contribution is 0.0782. The largest absolute Gasteiger partial charge is 0.486 e. The summed E-state index contributed by atoms with van der Waals surface area (Å²) >= 11 is 0. The molecule has 1 aliphatic heterocycles. The van der Waals surface area contributed by atoms with Gasteiger partial charge >= 0.3 is 0 Å². The Morgan fingerprint density at radius 3 is 2.89 bits per heavy atom. The molecule has 0 unspecified atom stereocenters. The molecule has 0 radical (unpaired) electrons. The van der Waals surface area contributed by atoms with E-state index >= 15 is 0 Å². The molecule has 98 valence electrons. The highest BCUT2D eigenvalue weighted by Crippen LogP contribution is 2.34. The quantitative estimate of drug-likeness (QED) is 0.822. The van der Waals surface area contributed by atoms with Crippen molar-refractivity contribution in [2.75, 3.05) is 26.8 Å². The predicted octanol–water partition coefficient (Wildman–Crippen LogP) is 2.33. The molecule has 1 amide bonds. The summed E-state index contributed by atoms with van der Waals surface area (Å²) in [5.41, 5.74) is 0.589.